The van der Waals surface area contributed by atoms with Crippen LogP contribution in [0.3, 0.4) is 0 Å². The van der Waals surface area contributed by atoms with Crippen LogP contribution in [0.5, 0.6) is 0 Å². The molecular formula is C12H17F2N. The third kappa shape index (κ3) is 4.88. The maximum absolute atomic E-state index is 12.8. The number of hydrogen-bond acceptors (Lipinski definition) is 1. The van der Waals surface area contributed by atoms with Gasteiger partial charge in [0.2, 0.25) is 0 Å². The predicted octanol–water partition coefficient (Wildman–Crippen LogP) is 2.90. The van der Waals surface area contributed by atoms with Crippen molar-refractivity contribution < 1.29 is 8.78 Å². The number of hydrogen-bond donors (Lipinski definition) is 1. The standard InChI is InChI=1S/C12H17F2N/c1-2-5-15-6-3-4-10-7-11(13)9-12(14)8-10/h7-9,15H,2-6H2,1H3. The van der Waals surface area contributed by atoms with Gasteiger partial charge in [-0.25, -0.2) is 8.78 Å². The van der Waals surface area contributed by atoms with Crippen LogP contribution in [0.1, 0.15) is 25.3 Å². The first-order valence-electron chi connectivity index (χ1n) is 5.38. The highest BCUT2D eigenvalue weighted by Gasteiger charge is 2.00. The van der Waals surface area contributed by atoms with Crippen LogP contribution >= 0.6 is 0 Å². The van der Waals surface area contributed by atoms with Gasteiger partial charge in [0.1, 0.15) is 11.6 Å². The lowest BCUT2D eigenvalue weighted by Crippen LogP contribution is -2.16. The van der Waals surface area contributed by atoms with E-state index >= 15 is 0 Å². The van der Waals surface area contributed by atoms with Gasteiger partial charge in [-0.15, -0.1) is 0 Å². The van der Waals surface area contributed by atoms with Gasteiger partial charge in [0.25, 0.3) is 0 Å². The Balaban J connectivity index is 2.31. The SMILES string of the molecule is CCCNCCCc1cc(F)cc(F)c1. The Hall–Kier alpha value is -0.960. The van der Waals surface area contributed by atoms with Crippen LogP contribution in [-0.4, -0.2) is 13.1 Å². The van der Waals surface area contributed by atoms with Crippen molar-refractivity contribution in [3.8, 4) is 0 Å². The highest BCUT2D eigenvalue weighted by atomic mass is 19.1. The summed E-state index contributed by atoms with van der Waals surface area (Å²) in [5.74, 6) is -0.988. The first-order valence-corrected chi connectivity index (χ1v) is 5.38. The summed E-state index contributed by atoms with van der Waals surface area (Å²) < 4.78 is 25.6. The summed E-state index contributed by atoms with van der Waals surface area (Å²) in [5, 5.41) is 3.25. The van der Waals surface area contributed by atoms with Crippen LogP contribution < -0.4 is 5.32 Å². The molecule has 1 rings (SSSR count). The van der Waals surface area contributed by atoms with Gasteiger partial charge < -0.3 is 5.32 Å². The highest BCUT2D eigenvalue weighted by Crippen LogP contribution is 2.09. The molecule has 0 radical (unpaired) electrons. The molecule has 0 heterocycles. The van der Waals surface area contributed by atoms with E-state index in [4.69, 9.17) is 0 Å². The molecule has 0 fully saturated rings. The Bertz CT molecular complexity index is 279. The molecule has 84 valence electrons. The summed E-state index contributed by atoms with van der Waals surface area (Å²) in [4.78, 5) is 0. The molecule has 0 spiro atoms. The van der Waals surface area contributed by atoms with Gasteiger partial charge >= 0.3 is 0 Å². The van der Waals surface area contributed by atoms with E-state index in [2.05, 4.69) is 12.2 Å². The second-order valence-corrected chi connectivity index (χ2v) is 3.63. The molecule has 0 unspecified atom stereocenters. The lowest BCUT2D eigenvalue weighted by atomic mass is 10.1. The lowest BCUT2D eigenvalue weighted by Gasteiger charge is -2.03. The third-order valence-corrected chi connectivity index (χ3v) is 2.17. The van der Waals surface area contributed by atoms with Gasteiger partial charge in [0.05, 0.1) is 0 Å². The minimum absolute atomic E-state index is 0.494. The molecule has 1 N–H and O–H groups in total. The van der Waals surface area contributed by atoms with Crippen molar-refractivity contribution in [2.75, 3.05) is 13.1 Å². The van der Waals surface area contributed by atoms with Crippen molar-refractivity contribution in [3.63, 3.8) is 0 Å². The van der Waals surface area contributed by atoms with E-state index in [0.29, 0.717) is 6.42 Å². The first-order chi connectivity index (χ1) is 7.22. The van der Waals surface area contributed by atoms with E-state index < -0.39 is 11.6 Å². The van der Waals surface area contributed by atoms with Gasteiger partial charge in [-0.3, -0.25) is 0 Å². The molecule has 1 aromatic carbocycles. The number of halogens is 2. The van der Waals surface area contributed by atoms with Gasteiger partial charge in [0, 0.05) is 6.07 Å². The molecule has 0 amide bonds. The third-order valence-electron chi connectivity index (χ3n) is 2.17. The summed E-state index contributed by atoms with van der Waals surface area (Å²) in [6.45, 7) is 4.00. The molecule has 1 nitrogen and oxygen atoms in total. The lowest BCUT2D eigenvalue weighted by molar-refractivity contribution is 0.576. The van der Waals surface area contributed by atoms with Gasteiger partial charge in [-0.2, -0.15) is 0 Å². The van der Waals surface area contributed by atoms with Crippen molar-refractivity contribution in [2.45, 2.75) is 26.2 Å². The Kier molecular flexibility index (Phi) is 5.26. The molecule has 0 aliphatic heterocycles. The summed E-state index contributed by atoms with van der Waals surface area (Å²) in [6, 6.07) is 3.69. The van der Waals surface area contributed by atoms with Crippen LogP contribution in [0.2, 0.25) is 0 Å². The van der Waals surface area contributed by atoms with Crippen molar-refractivity contribution >= 4 is 0 Å². The van der Waals surface area contributed by atoms with Crippen molar-refractivity contribution in [3.05, 3.63) is 35.4 Å². The monoisotopic (exact) mass is 213 g/mol. The number of rotatable bonds is 6. The summed E-state index contributed by atoms with van der Waals surface area (Å²) in [5.41, 5.74) is 0.728. The fourth-order valence-corrected chi connectivity index (χ4v) is 1.47. The van der Waals surface area contributed by atoms with Crippen molar-refractivity contribution in [1.82, 2.24) is 5.32 Å². The fourth-order valence-electron chi connectivity index (χ4n) is 1.47. The largest absolute Gasteiger partial charge is 0.317 e. The molecule has 15 heavy (non-hydrogen) atoms. The Morgan fingerprint density at radius 2 is 1.73 bits per heavy atom. The smallest absolute Gasteiger partial charge is 0.126 e. The van der Waals surface area contributed by atoms with E-state index in [-0.39, 0.29) is 0 Å². The zero-order chi connectivity index (χ0) is 11.1. The molecule has 1 aromatic rings. The van der Waals surface area contributed by atoms with Crippen LogP contribution in [-0.2, 0) is 6.42 Å². The quantitative estimate of drug-likeness (QED) is 0.716. The van der Waals surface area contributed by atoms with Crippen LogP contribution in [0, 0.1) is 11.6 Å². The topological polar surface area (TPSA) is 12.0 Å². The van der Waals surface area contributed by atoms with Gasteiger partial charge in [0.15, 0.2) is 0 Å². The normalized spacial score (nSPS) is 10.6. The van der Waals surface area contributed by atoms with E-state index in [1.165, 1.54) is 12.1 Å². The van der Waals surface area contributed by atoms with E-state index in [1.54, 1.807) is 0 Å². The summed E-state index contributed by atoms with van der Waals surface area (Å²) >= 11 is 0. The van der Waals surface area contributed by atoms with E-state index in [0.717, 1.165) is 37.6 Å². The van der Waals surface area contributed by atoms with Crippen LogP contribution in [0.4, 0.5) is 8.78 Å². The molecule has 0 saturated carbocycles. The second-order valence-electron chi connectivity index (χ2n) is 3.63. The predicted molar refractivity (Wildman–Crippen MR) is 57.8 cm³/mol. The average Bonchev–Trinajstić information content (AvgIpc) is 2.16. The molecule has 3 heteroatoms. The molecule has 0 atom stereocenters. The molecule has 0 bridgehead atoms. The zero-order valence-corrected chi connectivity index (χ0v) is 9.02. The maximum Gasteiger partial charge on any atom is 0.126 e. The van der Waals surface area contributed by atoms with Gasteiger partial charge in [-0.05, 0) is 50.0 Å². The van der Waals surface area contributed by atoms with Crippen molar-refractivity contribution in [2.24, 2.45) is 0 Å². The van der Waals surface area contributed by atoms with Crippen LogP contribution in [0.25, 0.3) is 0 Å². The van der Waals surface area contributed by atoms with Crippen LogP contribution in [0.15, 0.2) is 18.2 Å². The Labute approximate surface area is 89.5 Å². The van der Waals surface area contributed by atoms with E-state index in [1.807, 2.05) is 0 Å². The second kappa shape index (κ2) is 6.51. The summed E-state index contributed by atoms with van der Waals surface area (Å²) in [7, 11) is 0. The molecule has 0 aliphatic carbocycles. The highest BCUT2D eigenvalue weighted by molar-refractivity contribution is 5.17. The minimum Gasteiger partial charge on any atom is -0.317 e. The Morgan fingerprint density at radius 1 is 1.07 bits per heavy atom. The van der Waals surface area contributed by atoms with Crippen molar-refractivity contribution in [1.29, 1.82) is 0 Å². The number of aryl methyl sites for hydroxylation is 1. The maximum atomic E-state index is 12.8. The minimum atomic E-state index is -0.494. The molecule has 0 aromatic heterocycles. The first kappa shape index (κ1) is 12.1. The summed E-state index contributed by atoms with van der Waals surface area (Å²) in [6.07, 6.45) is 2.73. The van der Waals surface area contributed by atoms with E-state index in [9.17, 15) is 8.78 Å². The zero-order valence-electron chi connectivity index (χ0n) is 9.02. The molecular weight excluding hydrogens is 196 g/mol. The number of benzene rings is 1. The molecule has 0 aliphatic rings. The Morgan fingerprint density at radius 3 is 2.33 bits per heavy atom. The fraction of sp³-hybridized carbons (Fsp3) is 0.500. The number of nitrogens with one attached hydrogen (secondary N) is 1. The van der Waals surface area contributed by atoms with Gasteiger partial charge in [-0.1, -0.05) is 6.92 Å². The average molecular weight is 213 g/mol. The molecule has 0 saturated heterocycles.